The fourth-order valence-corrected chi connectivity index (χ4v) is 3.98. The maximum atomic E-state index is 12.3. The normalized spacial score (nSPS) is 19.7. The molecule has 1 saturated carbocycles. The average molecular weight is 287 g/mol. The van der Waals surface area contributed by atoms with Crippen molar-refractivity contribution >= 4 is 15.9 Å². The highest BCUT2D eigenvalue weighted by molar-refractivity contribution is 7.89. The number of nitrogens with two attached hydrogens (primary N) is 1. The minimum Gasteiger partial charge on any atom is -0.409 e. The highest BCUT2D eigenvalue weighted by Gasteiger charge is 2.42. The molecule has 106 valence electrons. The van der Waals surface area contributed by atoms with Gasteiger partial charge in [-0.25, -0.2) is 8.42 Å². The lowest BCUT2D eigenvalue weighted by Gasteiger charge is -2.28. The molecule has 4 N–H and O–H groups in total. The van der Waals surface area contributed by atoms with Gasteiger partial charge in [0.15, 0.2) is 10.9 Å². The van der Waals surface area contributed by atoms with Crippen LogP contribution in [0.3, 0.4) is 0 Å². The molecule has 2 rings (SSSR count). The third-order valence-electron chi connectivity index (χ3n) is 3.44. The lowest BCUT2D eigenvalue weighted by atomic mass is 9.98. The summed E-state index contributed by atoms with van der Waals surface area (Å²) in [6.07, 6.45) is 4.08. The minimum atomic E-state index is -3.77. The van der Waals surface area contributed by atoms with Crippen molar-refractivity contribution in [3.05, 3.63) is 12.3 Å². The second-order valence-corrected chi connectivity index (χ2v) is 6.30. The Morgan fingerprint density at radius 2 is 2.21 bits per heavy atom. The molecule has 1 heterocycles. The van der Waals surface area contributed by atoms with E-state index in [2.05, 4.69) is 15.0 Å². The summed E-state index contributed by atoms with van der Waals surface area (Å²) in [6.45, 7) is 0. The van der Waals surface area contributed by atoms with E-state index < -0.39 is 15.6 Å². The van der Waals surface area contributed by atoms with Gasteiger partial charge in [-0.2, -0.15) is 9.82 Å². The summed E-state index contributed by atoms with van der Waals surface area (Å²) in [5, 5.41) is 15.7. The molecule has 19 heavy (non-hydrogen) atoms. The Morgan fingerprint density at radius 1 is 1.58 bits per heavy atom. The van der Waals surface area contributed by atoms with Crippen LogP contribution in [0.15, 0.2) is 22.4 Å². The van der Waals surface area contributed by atoms with Gasteiger partial charge in [-0.05, 0) is 18.9 Å². The number of aryl methyl sites for hydroxylation is 1. The van der Waals surface area contributed by atoms with Gasteiger partial charge in [0.1, 0.15) is 0 Å². The molecule has 0 atom stereocenters. The van der Waals surface area contributed by atoms with Crippen molar-refractivity contribution in [3.8, 4) is 0 Å². The molecule has 0 unspecified atom stereocenters. The molecule has 0 aliphatic heterocycles. The van der Waals surface area contributed by atoms with Crippen LogP contribution in [0.4, 0.5) is 0 Å². The summed E-state index contributed by atoms with van der Waals surface area (Å²) in [4.78, 5) is 0. The van der Waals surface area contributed by atoms with Gasteiger partial charge in [0, 0.05) is 7.05 Å². The minimum absolute atomic E-state index is 0.0458. The molecule has 0 aromatic carbocycles. The Hall–Kier alpha value is -1.61. The van der Waals surface area contributed by atoms with Gasteiger partial charge in [-0.3, -0.25) is 4.68 Å². The molecule has 0 radical (unpaired) electrons. The summed E-state index contributed by atoms with van der Waals surface area (Å²) in [7, 11) is -2.23. The van der Waals surface area contributed by atoms with E-state index in [4.69, 9.17) is 10.9 Å². The topological polar surface area (TPSA) is 123 Å². The highest BCUT2D eigenvalue weighted by atomic mass is 32.2. The quantitative estimate of drug-likeness (QED) is 0.305. The number of sulfonamides is 1. The van der Waals surface area contributed by atoms with Crippen LogP contribution in [0.2, 0.25) is 0 Å². The van der Waals surface area contributed by atoms with Gasteiger partial charge >= 0.3 is 0 Å². The predicted octanol–water partition coefficient (Wildman–Crippen LogP) is -0.242. The van der Waals surface area contributed by atoms with E-state index in [9.17, 15) is 8.42 Å². The Kier molecular flexibility index (Phi) is 3.50. The molecule has 1 aromatic rings. The largest absolute Gasteiger partial charge is 0.409 e. The summed E-state index contributed by atoms with van der Waals surface area (Å²) in [5.74, 6) is -0.101. The van der Waals surface area contributed by atoms with Crippen molar-refractivity contribution in [2.45, 2.75) is 36.2 Å². The zero-order chi connectivity index (χ0) is 14.1. The maximum Gasteiger partial charge on any atom is 0.258 e. The van der Waals surface area contributed by atoms with Crippen molar-refractivity contribution in [3.63, 3.8) is 0 Å². The van der Waals surface area contributed by atoms with Crippen molar-refractivity contribution in [1.29, 1.82) is 0 Å². The van der Waals surface area contributed by atoms with Crippen molar-refractivity contribution in [1.82, 2.24) is 14.5 Å². The first-order valence-electron chi connectivity index (χ1n) is 5.91. The van der Waals surface area contributed by atoms with Gasteiger partial charge in [0.05, 0.1) is 11.7 Å². The molecule has 1 aliphatic rings. The first-order chi connectivity index (χ1) is 8.91. The number of nitrogens with zero attached hydrogens (tertiary/aromatic N) is 3. The van der Waals surface area contributed by atoms with E-state index in [-0.39, 0.29) is 10.9 Å². The average Bonchev–Trinajstić information content (AvgIpc) is 2.97. The second-order valence-electron chi connectivity index (χ2n) is 4.67. The van der Waals surface area contributed by atoms with Crippen LogP contribution in [-0.2, 0) is 17.1 Å². The van der Waals surface area contributed by atoms with Gasteiger partial charge in [-0.1, -0.05) is 18.0 Å². The van der Waals surface area contributed by atoms with E-state index in [0.29, 0.717) is 12.8 Å². The molecule has 0 spiro atoms. The van der Waals surface area contributed by atoms with E-state index in [0.717, 1.165) is 12.8 Å². The Bertz CT molecular complexity index is 586. The number of amidine groups is 1. The van der Waals surface area contributed by atoms with Crippen molar-refractivity contribution < 1.29 is 13.6 Å². The van der Waals surface area contributed by atoms with Crippen LogP contribution in [0.1, 0.15) is 25.7 Å². The lowest BCUT2D eigenvalue weighted by Crippen LogP contribution is -2.55. The van der Waals surface area contributed by atoms with Crippen molar-refractivity contribution in [2.75, 3.05) is 0 Å². The zero-order valence-corrected chi connectivity index (χ0v) is 11.4. The second kappa shape index (κ2) is 4.82. The van der Waals surface area contributed by atoms with E-state index in [1.165, 1.54) is 16.9 Å². The number of hydrogen-bond donors (Lipinski definition) is 3. The summed E-state index contributed by atoms with van der Waals surface area (Å²) in [6, 6.07) is 1.40. The summed E-state index contributed by atoms with van der Waals surface area (Å²) < 4.78 is 28.5. The Balaban J connectivity index is 2.36. The van der Waals surface area contributed by atoms with Crippen LogP contribution in [-0.4, -0.2) is 34.8 Å². The summed E-state index contributed by atoms with van der Waals surface area (Å²) >= 11 is 0. The Morgan fingerprint density at radius 3 is 2.68 bits per heavy atom. The number of hydrogen-bond acceptors (Lipinski definition) is 5. The third kappa shape index (κ3) is 2.43. The molecule has 1 aromatic heterocycles. The van der Waals surface area contributed by atoms with Gasteiger partial charge < -0.3 is 10.9 Å². The first-order valence-corrected chi connectivity index (χ1v) is 7.40. The number of nitrogens with one attached hydrogen (secondary N) is 1. The lowest BCUT2D eigenvalue weighted by molar-refractivity contribution is 0.309. The summed E-state index contributed by atoms with van der Waals surface area (Å²) in [5.41, 5.74) is 4.66. The van der Waals surface area contributed by atoms with Crippen LogP contribution in [0, 0.1) is 0 Å². The van der Waals surface area contributed by atoms with Crippen LogP contribution in [0.5, 0.6) is 0 Å². The van der Waals surface area contributed by atoms with Crippen LogP contribution < -0.4 is 10.5 Å². The van der Waals surface area contributed by atoms with E-state index >= 15 is 0 Å². The van der Waals surface area contributed by atoms with E-state index in [1.807, 2.05) is 0 Å². The SMILES string of the molecule is Cn1nccc1S(=O)(=O)NC1(/C(N)=N/O)CCCC1. The first kappa shape index (κ1) is 13.8. The van der Waals surface area contributed by atoms with E-state index in [1.54, 1.807) is 7.05 Å². The van der Waals surface area contributed by atoms with Gasteiger partial charge in [0.25, 0.3) is 10.0 Å². The molecule has 1 fully saturated rings. The zero-order valence-electron chi connectivity index (χ0n) is 10.6. The predicted molar refractivity (Wildman–Crippen MR) is 68.1 cm³/mol. The van der Waals surface area contributed by atoms with Crippen molar-refractivity contribution in [2.24, 2.45) is 17.9 Å². The molecule has 0 saturated heterocycles. The van der Waals surface area contributed by atoms with Gasteiger partial charge in [-0.15, -0.1) is 0 Å². The maximum absolute atomic E-state index is 12.3. The number of aromatic nitrogens is 2. The fourth-order valence-electron chi connectivity index (χ4n) is 2.42. The monoisotopic (exact) mass is 287 g/mol. The third-order valence-corrected chi connectivity index (χ3v) is 5.05. The molecule has 8 nitrogen and oxygen atoms in total. The molecule has 0 amide bonds. The highest BCUT2D eigenvalue weighted by Crippen LogP contribution is 2.31. The number of rotatable bonds is 4. The molecule has 9 heteroatoms. The van der Waals surface area contributed by atoms with Crippen LogP contribution >= 0.6 is 0 Å². The Labute approximate surface area is 111 Å². The molecule has 0 bridgehead atoms. The van der Waals surface area contributed by atoms with Gasteiger partial charge in [0.2, 0.25) is 0 Å². The smallest absolute Gasteiger partial charge is 0.258 e. The number of oxime groups is 1. The standard InChI is InChI=1S/C10H17N5O3S/c1-15-8(4-7-12-15)19(17,18)14-10(9(11)13-16)5-2-3-6-10/h4,7,14,16H,2-3,5-6H2,1H3,(H2,11,13). The molecular formula is C10H17N5O3S. The molecule has 1 aliphatic carbocycles. The molecular weight excluding hydrogens is 270 g/mol. The fraction of sp³-hybridized carbons (Fsp3) is 0.600. The van der Waals surface area contributed by atoms with Crippen LogP contribution in [0.25, 0.3) is 0 Å².